The third kappa shape index (κ3) is 4.01. The summed E-state index contributed by atoms with van der Waals surface area (Å²) < 4.78 is 5.25. The van der Waals surface area contributed by atoms with Gasteiger partial charge in [-0.3, -0.25) is 19.5 Å². The highest BCUT2D eigenvalue weighted by Crippen LogP contribution is 2.00. The summed E-state index contributed by atoms with van der Waals surface area (Å²) in [6.07, 6.45) is 1.35. The van der Waals surface area contributed by atoms with Crippen LogP contribution in [0.2, 0.25) is 0 Å². The third-order valence-corrected chi connectivity index (χ3v) is 3.10. The predicted molar refractivity (Wildman–Crippen MR) is 72.3 cm³/mol. The summed E-state index contributed by atoms with van der Waals surface area (Å²) in [5.74, 6) is -0.814. The van der Waals surface area contributed by atoms with Crippen LogP contribution >= 0.6 is 0 Å². The SMILES string of the molecule is NC(=O)c1ccc(C(=O)NCCN2CCOCC2)cn1. The first kappa shape index (κ1) is 14.4. The molecule has 108 valence electrons. The number of nitrogens with one attached hydrogen (secondary N) is 1. The minimum Gasteiger partial charge on any atom is -0.379 e. The van der Waals surface area contributed by atoms with Gasteiger partial charge in [0.2, 0.25) is 0 Å². The van der Waals surface area contributed by atoms with Crippen molar-refractivity contribution in [1.29, 1.82) is 0 Å². The molecule has 2 heterocycles. The number of nitrogens with two attached hydrogens (primary N) is 1. The van der Waals surface area contributed by atoms with Crippen LogP contribution in [0.1, 0.15) is 20.8 Å². The lowest BCUT2D eigenvalue weighted by Crippen LogP contribution is -2.41. The molecular formula is C13H18N4O3. The Kier molecular flexibility index (Phi) is 5.03. The molecule has 0 aliphatic carbocycles. The number of morpholine rings is 1. The van der Waals surface area contributed by atoms with Crippen molar-refractivity contribution >= 4 is 11.8 Å². The predicted octanol–water partition coefficient (Wildman–Crippen LogP) is -0.758. The van der Waals surface area contributed by atoms with E-state index in [9.17, 15) is 9.59 Å². The second-order valence-corrected chi connectivity index (χ2v) is 4.51. The quantitative estimate of drug-likeness (QED) is 0.738. The smallest absolute Gasteiger partial charge is 0.267 e. The molecule has 0 bridgehead atoms. The van der Waals surface area contributed by atoms with Gasteiger partial charge in [-0.05, 0) is 12.1 Å². The van der Waals surface area contributed by atoms with Gasteiger partial charge >= 0.3 is 0 Å². The first-order chi connectivity index (χ1) is 9.66. The second kappa shape index (κ2) is 6.97. The van der Waals surface area contributed by atoms with Crippen LogP contribution in [0.3, 0.4) is 0 Å². The van der Waals surface area contributed by atoms with Crippen molar-refractivity contribution < 1.29 is 14.3 Å². The molecule has 2 amide bonds. The number of amides is 2. The van der Waals surface area contributed by atoms with Gasteiger partial charge in [-0.1, -0.05) is 0 Å². The van der Waals surface area contributed by atoms with E-state index in [1.54, 1.807) is 0 Å². The molecule has 1 fully saturated rings. The van der Waals surface area contributed by atoms with Crippen LogP contribution in [-0.4, -0.2) is 61.1 Å². The molecule has 0 radical (unpaired) electrons. The molecule has 1 saturated heterocycles. The molecular weight excluding hydrogens is 260 g/mol. The summed E-state index contributed by atoms with van der Waals surface area (Å²) in [5, 5.41) is 2.82. The summed E-state index contributed by atoms with van der Waals surface area (Å²) in [6.45, 7) is 4.63. The Hall–Kier alpha value is -1.99. The number of carbonyl (C=O) groups is 2. The average Bonchev–Trinajstić information content (AvgIpc) is 2.48. The Bertz CT molecular complexity index is 469. The van der Waals surface area contributed by atoms with Crippen molar-refractivity contribution in [3.05, 3.63) is 29.6 Å². The fraction of sp³-hybridized carbons (Fsp3) is 0.462. The number of aromatic nitrogens is 1. The van der Waals surface area contributed by atoms with Gasteiger partial charge in [0.1, 0.15) is 5.69 Å². The molecule has 0 saturated carbocycles. The van der Waals surface area contributed by atoms with Crippen LogP contribution < -0.4 is 11.1 Å². The zero-order chi connectivity index (χ0) is 14.4. The van der Waals surface area contributed by atoms with Crippen molar-refractivity contribution in [3.8, 4) is 0 Å². The number of hydrogen-bond donors (Lipinski definition) is 2. The largest absolute Gasteiger partial charge is 0.379 e. The van der Waals surface area contributed by atoms with Crippen molar-refractivity contribution in [2.24, 2.45) is 5.73 Å². The van der Waals surface area contributed by atoms with Crippen LogP contribution in [0.25, 0.3) is 0 Å². The van der Waals surface area contributed by atoms with Gasteiger partial charge < -0.3 is 15.8 Å². The van der Waals surface area contributed by atoms with E-state index in [1.807, 2.05) is 0 Å². The molecule has 1 aromatic heterocycles. The molecule has 0 aromatic carbocycles. The van der Waals surface area contributed by atoms with Gasteiger partial charge in [-0.15, -0.1) is 0 Å². The van der Waals surface area contributed by atoms with E-state index in [0.29, 0.717) is 12.1 Å². The Morgan fingerprint density at radius 1 is 1.35 bits per heavy atom. The number of hydrogen-bond acceptors (Lipinski definition) is 5. The number of carbonyl (C=O) groups excluding carboxylic acids is 2. The number of pyridine rings is 1. The van der Waals surface area contributed by atoms with Gasteiger partial charge in [0.25, 0.3) is 11.8 Å². The lowest BCUT2D eigenvalue weighted by Gasteiger charge is -2.26. The monoisotopic (exact) mass is 278 g/mol. The zero-order valence-corrected chi connectivity index (χ0v) is 11.2. The fourth-order valence-electron chi connectivity index (χ4n) is 1.93. The zero-order valence-electron chi connectivity index (χ0n) is 11.2. The van der Waals surface area contributed by atoms with Gasteiger partial charge in [-0.25, -0.2) is 0 Å². The van der Waals surface area contributed by atoms with Crippen LogP contribution in [-0.2, 0) is 4.74 Å². The fourth-order valence-corrected chi connectivity index (χ4v) is 1.93. The lowest BCUT2D eigenvalue weighted by atomic mass is 10.2. The van der Waals surface area contributed by atoms with Crippen molar-refractivity contribution in [2.75, 3.05) is 39.4 Å². The first-order valence-corrected chi connectivity index (χ1v) is 6.51. The summed E-state index contributed by atoms with van der Waals surface area (Å²) in [6, 6.07) is 2.98. The van der Waals surface area contributed by atoms with E-state index in [0.717, 1.165) is 32.8 Å². The Morgan fingerprint density at radius 3 is 2.70 bits per heavy atom. The Morgan fingerprint density at radius 2 is 2.10 bits per heavy atom. The van der Waals surface area contributed by atoms with Crippen LogP contribution in [0.5, 0.6) is 0 Å². The normalized spacial score (nSPS) is 15.8. The standard InChI is InChI=1S/C13H18N4O3/c14-12(18)11-2-1-10(9-16-11)13(19)15-3-4-17-5-7-20-8-6-17/h1-2,9H,3-8H2,(H2,14,18)(H,15,19). The number of ether oxygens (including phenoxy) is 1. The van der Waals surface area contributed by atoms with Crippen molar-refractivity contribution in [1.82, 2.24) is 15.2 Å². The summed E-state index contributed by atoms with van der Waals surface area (Å²) in [5.41, 5.74) is 5.65. The van der Waals surface area contributed by atoms with Crippen LogP contribution in [0.4, 0.5) is 0 Å². The number of primary amides is 1. The van der Waals surface area contributed by atoms with E-state index >= 15 is 0 Å². The van der Waals surface area contributed by atoms with E-state index in [1.165, 1.54) is 18.3 Å². The Labute approximate surface area is 117 Å². The van der Waals surface area contributed by atoms with E-state index in [-0.39, 0.29) is 11.6 Å². The van der Waals surface area contributed by atoms with Gasteiger partial charge in [0.05, 0.1) is 18.8 Å². The Balaban J connectivity index is 1.77. The topological polar surface area (TPSA) is 97.5 Å². The minimum atomic E-state index is -0.607. The van der Waals surface area contributed by atoms with Gasteiger partial charge in [0.15, 0.2) is 0 Å². The summed E-state index contributed by atoms with van der Waals surface area (Å²) >= 11 is 0. The minimum absolute atomic E-state index is 0.148. The van der Waals surface area contributed by atoms with Crippen LogP contribution in [0.15, 0.2) is 18.3 Å². The maximum Gasteiger partial charge on any atom is 0.267 e. The van der Waals surface area contributed by atoms with E-state index in [4.69, 9.17) is 10.5 Å². The molecule has 1 aromatic rings. The molecule has 0 atom stereocenters. The summed E-state index contributed by atoms with van der Waals surface area (Å²) in [4.78, 5) is 28.8. The van der Waals surface area contributed by atoms with Gasteiger partial charge in [0, 0.05) is 32.4 Å². The molecule has 3 N–H and O–H groups in total. The van der Waals surface area contributed by atoms with Crippen LogP contribution in [0, 0.1) is 0 Å². The summed E-state index contributed by atoms with van der Waals surface area (Å²) in [7, 11) is 0. The molecule has 2 rings (SSSR count). The third-order valence-electron chi connectivity index (χ3n) is 3.10. The lowest BCUT2D eigenvalue weighted by molar-refractivity contribution is 0.0383. The maximum absolute atomic E-state index is 11.9. The first-order valence-electron chi connectivity index (χ1n) is 6.51. The highest BCUT2D eigenvalue weighted by Gasteiger charge is 2.11. The van der Waals surface area contributed by atoms with Gasteiger partial charge in [-0.2, -0.15) is 0 Å². The number of rotatable bonds is 5. The van der Waals surface area contributed by atoms with E-state index < -0.39 is 5.91 Å². The highest BCUT2D eigenvalue weighted by molar-refractivity contribution is 5.95. The molecule has 20 heavy (non-hydrogen) atoms. The molecule has 7 nitrogen and oxygen atoms in total. The molecule has 0 spiro atoms. The molecule has 0 unspecified atom stereocenters. The average molecular weight is 278 g/mol. The maximum atomic E-state index is 11.9. The molecule has 1 aliphatic heterocycles. The van der Waals surface area contributed by atoms with E-state index in [2.05, 4.69) is 15.2 Å². The second-order valence-electron chi connectivity index (χ2n) is 4.51. The molecule has 7 heteroatoms. The van der Waals surface area contributed by atoms with Crippen molar-refractivity contribution in [2.45, 2.75) is 0 Å². The number of nitrogens with zero attached hydrogens (tertiary/aromatic N) is 2. The highest BCUT2D eigenvalue weighted by atomic mass is 16.5. The van der Waals surface area contributed by atoms with Crippen molar-refractivity contribution in [3.63, 3.8) is 0 Å². The molecule has 1 aliphatic rings.